The maximum atomic E-state index is 13.1. The average molecular weight is 531 g/mol. The Balaban J connectivity index is 1.49. The topological polar surface area (TPSA) is 84.9 Å². The first-order valence-electron chi connectivity index (χ1n) is 10.5. The molecular formula is C27H19BrN2O5. The summed E-state index contributed by atoms with van der Waals surface area (Å²) in [7, 11) is 0. The van der Waals surface area contributed by atoms with Crippen molar-refractivity contribution in [1.29, 1.82) is 0 Å². The molecule has 1 N–H and O–H groups in total. The Morgan fingerprint density at radius 3 is 2.17 bits per heavy atom. The second-order valence-electron chi connectivity index (χ2n) is 7.43. The first-order chi connectivity index (χ1) is 16.9. The zero-order valence-electron chi connectivity index (χ0n) is 18.4. The Hall–Kier alpha value is -4.35. The second kappa shape index (κ2) is 10.7. The van der Waals surface area contributed by atoms with Gasteiger partial charge < -0.3 is 9.47 Å². The number of ether oxygens (including phenoxy) is 2. The van der Waals surface area contributed by atoms with E-state index in [0.717, 1.165) is 14.9 Å². The van der Waals surface area contributed by atoms with Crippen molar-refractivity contribution in [1.82, 2.24) is 5.32 Å². The van der Waals surface area contributed by atoms with E-state index in [1.165, 1.54) is 6.08 Å². The zero-order chi connectivity index (χ0) is 24.8. The average Bonchev–Trinajstić information content (AvgIpc) is 2.86. The molecule has 0 bridgehead atoms. The summed E-state index contributed by atoms with van der Waals surface area (Å²) in [4.78, 5) is 38.8. The van der Waals surface area contributed by atoms with Crippen LogP contribution in [0, 0.1) is 12.3 Å². The van der Waals surface area contributed by atoms with Gasteiger partial charge >= 0.3 is 6.03 Å². The number of benzene rings is 3. The maximum absolute atomic E-state index is 13.1. The molecule has 1 aliphatic heterocycles. The molecule has 35 heavy (non-hydrogen) atoms. The molecule has 0 spiro atoms. The van der Waals surface area contributed by atoms with Gasteiger partial charge in [-0.15, -0.1) is 6.42 Å². The minimum Gasteiger partial charge on any atom is -0.489 e. The van der Waals surface area contributed by atoms with Crippen LogP contribution in [0.4, 0.5) is 10.5 Å². The summed E-state index contributed by atoms with van der Waals surface area (Å²) < 4.78 is 12.1. The Bertz CT molecular complexity index is 1320. The molecule has 1 fully saturated rings. The van der Waals surface area contributed by atoms with Crippen molar-refractivity contribution in [3.05, 3.63) is 94.0 Å². The van der Waals surface area contributed by atoms with Gasteiger partial charge in [-0.05, 0) is 65.7 Å². The van der Waals surface area contributed by atoms with Crippen molar-refractivity contribution in [2.45, 2.75) is 6.61 Å². The third-order valence-corrected chi connectivity index (χ3v) is 5.56. The number of carbonyl (C=O) groups is 3. The summed E-state index contributed by atoms with van der Waals surface area (Å²) in [5.74, 6) is 2.01. The third-order valence-electron chi connectivity index (χ3n) is 5.03. The predicted molar refractivity (Wildman–Crippen MR) is 135 cm³/mol. The van der Waals surface area contributed by atoms with Crippen LogP contribution in [0.2, 0.25) is 0 Å². The van der Waals surface area contributed by atoms with Gasteiger partial charge in [-0.25, -0.2) is 9.69 Å². The highest BCUT2D eigenvalue weighted by molar-refractivity contribution is 9.10. The van der Waals surface area contributed by atoms with Gasteiger partial charge in [0.25, 0.3) is 11.8 Å². The van der Waals surface area contributed by atoms with Crippen molar-refractivity contribution in [3.8, 4) is 23.8 Å². The van der Waals surface area contributed by atoms with E-state index in [4.69, 9.17) is 15.9 Å². The first kappa shape index (κ1) is 23.8. The smallest absolute Gasteiger partial charge is 0.335 e. The maximum Gasteiger partial charge on any atom is 0.335 e. The number of nitrogens with zero attached hydrogens (tertiary/aromatic N) is 1. The van der Waals surface area contributed by atoms with Gasteiger partial charge in [0.1, 0.15) is 30.3 Å². The molecule has 0 aromatic heterocycles. The molecule has 0 unspecified atom stereocenters. The number of hydrogen-bond donors (Lipinski definition) is 1. The number of terminal acetylenes is 1. The molecule has 7 nitrogen and oxygen atoms in total. The van der Waals surface area contributed by atoms with E-state index < -0.39 is 17.8 Å². The Labute approximate surface area is 210 Å². The van der Waals surface area contributed by atoms with Gasteiger partial charge in [-0.2, -0.15) is 0 Å². The van der Waals surface area contributed by atoms with Gasteiger partial charge in [0, 0.05) is 4.47 Å². The molecule has 4 amide bonds. The van der Waals surface area contributed by atoms with Crippen LogP contribution >= 0.6 is 15.9 Å². The van der Waals surface area contributed by atoms with Crippen LogP contribution in [0.25, 0.3) is 6.08 Å². The summed E-state index contributed by atoms with van der Waals surface area (Å²) in [6, 6.07) is 20.1. The van der Waals surface area contributed by atoms with Crippen molar-refractivity contribution >= 4 is 45.5 Å². The number of imide groups is 2. The van der Waals surface area contributed by atoms with E-state index in [0.29, 0.717) is 29.4 Å². The number of urea groups is 1. The van der Waals surface area contributed by atoms with E-state index in [9.17, 15) is 14.4 Å². The highest BCUT2D eigenvalue weighted by Crippen LogP contribution is 2.25. The minimum absolute atomic E-state index is 0.131. The highest BCUT2D eigenvalue weighted by atomic mass is 79.9. The van der Waals surface area contributed by atoms with Crippen LogP contribution in [0.3, 0.4) is 0 Å². The van der Waals surface area contributed by atoms with Gasteiger partial charge in [0.15, 0.2) is 0 Å². The molecule has 0 atom stereocenters. The van der Waals surface area contributed by atoms with Crippen molar-refractivity contribution in [3.63, 3.8) is 0 Å². The summed E-state index contributed by atoms with van der Waals surface area (Å²) in [6.07, 6.45) is 6.59. The van der Waals surface area contributed by atoms with Gasteiger partial charge in [-0.3, -0.25) is 14.9 Å². The Morgan fingerprint density at radius 2 is 1.51 bits per heavy atom. The molecule has 1 saturated heterocycles. The largest absolute Gasteiger partial charge is 0.489 e. The number of hydrogen-bond acceptors (Lipinski definition) is 5. The van der Waals surface area contributed by atoms with E-state index in [1.807, 2.05) is 24.3 Å². The molecule has 3 aromatic rings. The first-order valence-corrected chi connectivity index (χ1v) is 11.3. The second-order valence-corrected chi connectivity index (χ2v) is 8.34. The number of halogens is 1. The van der Waals surface area contributed by atoms with Crippen LogP contribution in [-0.2, 0) is 16.2 Å². The number of carbonyl (C=O) groups excluding carboxylic acids is 3. The molecule has 0 radical (unpaired) electrons. The van der Waals surface area contributed by atoms with Crippen LogP contribution < -0.4 is 19.7 Å². The minimum atomic E-state index is -0.821. The summed E-state index contributed by atoms with van der Waals surface area (Å²) in [5.41, 5.74) is 1.71. The normalized spacial score (nSPS) is 14.5. The van der Waals surface area contributed by atoms with Gasteiger partial charge in [0.05, 0.1) is 5.69 Å². The fourth-order valence-electron chi connectivity index (χ4n) is 3.28. The van der Waals surface area contributed by atoms with Crippen molar-refractivity contribution in [2.75, 3.05) is 11.5 Å². The lowest BCUT2D eigenvalue weighted by Crippen LogP contribution is -2.54. The summed E-state index contributed by atoms with van der Waals surface area (Å²) >= 11 is 3.39. The monoisotopic (exact) mass is 530 g/mol. The van der Waals surface area contributed by atoms with Crippen LogP contribution in [0.15, 0.2) is 82.8 Å². The molecule has 8 heteroatoms. The molecule has 0 saturated carbocycles. The van der Waals surface area contributed by atoms with E-state index >= 15 is 0 Å². The van der Waals surface area contributed by atoms with Crippen LogP contribution in [0.1, 0.15) is 11.1 Å². The molecule has 1 aliphatic rings. The number of barbiturate groups is 1. The van der Waals surface area contributed by atoms with E-state index in [1.54, 1.807) is 48.5 Å². The van der Waals surface area contributed by atoms with Crippen molar-refractivity contribution in [2.24, 2.45) is 0 Å². The molecule has 0 aliphatic carbocycles. The lowest BCUT2D eigenvalue weighted by atomic mass is 10.1. The Kier molecular flexibility index (Phi) is 7.29. The molecule has 1 heterocycles. The van der Waals surface area contributed by atoms with Crippen LogP contribution in [-0.4, -0.2) is 24.5 Å². The fourth-order valence-corrected chi connectivity index (χ4v) is 3.55. The van der Waals surface area contributed by atoms with E-state index in [2.05, 4.69) is 27.2 Å². The van der Waals surface area contributed by atoms with E-state index in [-0.39, 0.29) is 12.2 Å². The van der Waals surface area contributed by atoms with Gasteiger partial charge in [0.2, 0.25) is 0 Å². The number of anilines is 1. The van der Waals surface area contributed by atoms with Gasteiger partial charge in [-0.1, -0.05) is 46.1 Å². The number of rotatable bonds is 7. The summed E-state index contributed by atoms with van der Waals surface area (Å²) in [6.45, 7) is 0.496. The Morgan fingerprint density at radius 1 is 0.886 bits per heavy atom. The quantitative estimate of drug-likeness (QED) is 0.271. The highest BCUT2D eigenvalue weighted by Gasteiger charge is 2.36. The SMILES string of the molecule is C#CCOc1ccc(/C=C2\C(=O)NC(=O)N(c3ccc(OCc4ccc(Br)cc4)cc3)C2=O)cc1. The lowest BCUT2D eigenvalue weighted by Gasteiger charge is -2.26. The number of amides is 4. The summed E-state index contributed by atoms with van der Waals surface area (Å²) in [5, 5.41) is 2.21. The molecule has 4 rings (SSSR count). The lowest BCUT2D eigenvalue weighted by molar-refractivity contribution is -0.122. The number of nitrogens with one attached hydrogen (secondary N) is 1. The molecule has 174 valence electrons. The zero-order valence-corrected chi connectivity index (χ0v) is 19.9. The fraction of sp³-hybridized carbons (Fsp3) is 0.0741. The standard InChI is InChI=1S/C27H19BrN2O5/c1-2-15-34-22-11-5-18(6-12-22)16-24-25(31)29-27(33)30(26(24)32)21-9-13-23(14-10-21)35-17-19-3-7-20(28)8-4-19/h1,3-14,16H,15,17H2,(H,29,31,33)/b24-16+. The van der Waals surface area contributed by atoms with Crippen molar-refractivity contribution < 1.29 is 23.9 Å². The molecule has 3 aromatic carbocycles. The molecular weight excluding hydrogens is 512 g/mol. The van der Waals surface area contributed by atoms with Crippen LogP contribution in [0.5, 0.6) is 11.5 Å². The third kappa shape index (κ3) is 5.78. The predicted octanol–water partition coefficient (Wildman–Crippen LogP) is 4.71.